The molecule has 0 fully saturated rings. The fraction of sp³-hybridized carbons (Fsp3) is 0. The Morgan fingerprint density at radius 1 is 0.481 bits per heavy atom. The molecule has 27 heavy (non-hydrogen) atoms. The molecule has 0 saturated carbocycles. The SMILES string of the molecule is c1ccc(-c2sc3sc4sc5ccccc5c4c3c2-c2ccccc2)cc1. The van der Waals surface area contributed by atoms with Crippen LogP contribution in [0, 0.1) is 0 Å². The summed E-state index contributed by atoms with van der Waals surface area (Å²) in [5.41, 5.74) is 3.99. The molecule has 0 amide bonds. The lowest BCUT2D eigenvalue weighted by Crippen LogP contribution is -1.80. The fourth-order valence-electron chi connectivity index (χ4n) is 3.80. The van der Waals surface area contributed by atoms with E-state index in [9.17, 15) is 0 Å². The highest BCUT2D eigenvalue weighted by Crippen LogP contribution is 2.54. The van der Waals surface area contributed by atoms with Crippen molar-refractivity contribution in [3.63, 3.8) is 0 Å². The van der Waals surface area contributed by atoms with Crippen molar-refractivity contribution in [3.05, 3.63) is 84.9 Å². The van der Waals surface area contributed by atoms with Gasteiger partial charge in [-0.3, -0.25) is 0 Å². The van der Waals surface area contributed by atoms with Crippen molar-refractivity contribution in [1.29, 1.82) is 0 Å². The highest BCUT2D eigenvalue weighted by Gasteiger charge is 2.22. The lowest BCUT2D eigenvalue weighted by Gasteiger charge is -2.05. The zero-order valence-corrected chi connectivity index (χ0v) is 16.8. The van der Waals surface area contributed by atoms with E-state index in [2.05, 4.69) is 84.9 Å². The number of fused-ring (bicyclic) bond motifs is 5. The smallest absolute Gasteiger partial charge is 0.0899 e. The van der Waals surface area contributed by atoms with E-state index < -0.39 is 0 Å². The monoisotopic (exact) mass is 398 g/mol. The van der Waals surface area contributed by atoms with E-state index in [1.807, 2.05) is 34.0 Å². The molecule has 0 atom stereocenters. The summed E-state index contributed by atoms with van der Waals surface area (Å²) >= 11 is 5.81. The molecule has 0 nitrogen and oxygen atoms in total. The summed E-state index contributed by atoms with van der Waals surface area (Å²) in [6, 6.07) is 30.5. The molecule has 0 spiro atoms. The highest BCUT2D eigenvalue weighted by atomic mass is 32.2. The number of rotatable bonds is 2. The number of hydrogen-bond acceptors (Lipinski definition) is 3. The van der Waals surface area contributed by atoms with Crippen molar-refractivity contribution in [2.24, 2.45) is 0 Å². The molecule has 0 aliphatic rings. The second-order valence-electron chi connectivity index (χ2n) is 6.56. The summed E-state index contributed by atoms with van der Waals surface area (Å²) in [6.07, 6.45) is 0. The molecule has 0 radical (unpaired) electrons. The molecule has 0 saturated heterocycles. The van der Waals surface area contributed by atoms with Crippen LogP contribution in [0.15, 0.2) is 84.9 Å². The van der Waals surface area contributed by atoms with Crippen LogP contribution >= 0.6 is 34.0 Å². The number of hydrogen-bond donors (Lipinski definition) is 0. The average molecular weight is 399 g/mol. The van der Waals surface area contributed by atoms with Crippen LogP contribution in [0.25, 0.3) is 50.5 Å². The van der Waals surface area contributed by atoms with Gasteiger partial charge in [0, 0.05) is 31.3 Å². The second-order valence-corrected chi connectivity index (χ2v) is 10.2. The molecule has 3 heteroatoms. The van der Waals surface area contributed by atoms with Crippen molar-refractivity contribution >= 4 is 62.9 Å². The van der Waals surface area contributed by atoms with Crippen LogP contribution in [0.3, 0.4) is 0 Å². The largest absolute Gasteiger partial charge is 0.124 e. The van der Waals surface area contributed by atoms with Crippen LogP contribution in [-0.4, -0.2) is 0 Å². The van der Waals surface area contributed by atoms with Gasteiger partial charge in [-0.05, 0) is 17.2 Å². The summed E-state index contributed by atoms with van der Waals surface area (Å²) < 4.78 is 4.25. The minimum absolute atomic E-state index is 1.30. The quantitative estimate of drug-likeness (QED) is 0.274. The van der Waals surface area contributed by atoms with Gasteiger partial charge in [-0.15, -0.1) is 34.0 Å². The minimum atomic E-state index is 1.30. The molecule has 0 N–H and O–H groups in total. The molecule has 0 bridgehead atoms. The van der Waals surface area contributed by atoms with Gasteiger partial charge in [0.2, 0.25) is 0 Å². The molecular weight excluding hydrogens is 384 g/mol. The molecule has 6 rings (SSSR count). The minimum Gasteiger partial charge on any atom is -0.124 e. The molecule has 6 aromatic rings. The van der Waals surface area contributed by atoms with Crippen molar-refractivity contribution < 1.29 is 0 Å². The summed E-state index contributed by atoms with van der Waals surface area (Å²) in [4.78, 5) is 1.38. The normalized spacial score (nSPS) is 11.7. The highest BCUT2D eigenvalue weighted by molar-refractivity contribution is 7.51. The molecule has 0 aliphatic carbocycles. The Kier molecular flexibility index (Phi) is 3.48. The van der Waals surface area contributed by atoms with Gasteiger partial charge in [-0.2, -0.15) is 0 Å². The Labute approximate surface area is 169 Å². The summed E-state index contributed by atoms with van der Waals surface area (Å²) in [5.74, 6) is 0. The fourth-order valence-corrected chi connectivity index (χ4v) is 8.11. The Hall–Kier alpha value is -2.46. The lowest BCUT2D eigenvalue weighted by atomic mass is 9.98. The third kappa shape index (κ3) is 2.32. The predicted molar refractivity (Wildman–Crippen MR) is 123 cm³/mol. The first-order valence-corrected chi connectivity index (χ1v) is 11.3. The van der Waals surface area contributed by atoms with Gasteiger partial charge in [0.15, 0.2) is 0 Å². The van der Waals surface area contributed by atoms with Gasteiger partial charge in [-0.25, -0.2) is 0 Å². The third-order valence-corrected chi connectivity index (χ3v) is 8.75. The maximum atomic E-state index is 2.27. The molecule has 0 aliphatic heterocycles. The zero-order valence-electron chi connectivity index (χ0n) is 14.3. The van der Waals surface area contributed by atoms with E-state index in [1.54, 1.807) is 0 Å². The predicted octanol–water partition coefficient (Wildman–Crippen LogP) is 8.66. The zero-order chi connectivity index (χ0) is 17.8. The van der Waals surface area contributed by atoms with E-state index in [0.717, 1.165) is 0 Å². The summed E-state index contributed by atoms with van der Waals surface area (Å²) in [5, 5.41) is 4.26. The van der Waals surface area contributed by atoms with Crippen LogP contribution in [0.4, 0.5) is 0 Å². The summed E-state index contributed by atoms with van der Waals surface area (Å²) in [7, 11) is 0. The van der Waals surface area contributed by atoms with E-state index in [-0.39, 0.29) is 0 Å². The Morgan fingerprint density at radius 2 is 1.11 bits per heavy atom. The van der Waals surface area contributed by atoms with Gasteiger partial charge in [0.05, 0.1) is 8.03 Å². The van der Waals surface area contributed by atoms with Gasteiger partial charge in [-0.1, -0.05) is 78.9 Å². The first-order chi connectivity index (χ1) is 13.4. The Balaban J connectivity index is 1.81. The lowest BCUT2D eigenvalue weighted by molar-refractivity contribution is 1.66. The van der Waals surface area contributed by atoms with Gasteiger partial charge in [0.1, 0.15) is 0 Å². The van der Waals surface area contributed by atoms with Crippen LogP contribution in [-0.2, 0) is 0 Å². The maximum Gasteiger partial charge on any atom is 0.0899 e. The number of benzene rings is 3. The van der Waals surface area contributed by atoms with Crippen molar-refractivity contribution in [2.75, 3.05) is 0 Å². The average Bonchev–Trinajstić information content (AvgIpc) is 3.36. The van der Waals surface area contributed by atoms with E-state index >= 15 is 0 Å². The molecular formula is C24H14S3. The molecule has 3 aromatic heterocycles. The standard InChI is InChI=1S/C24H14S3/c1-3-9-15(10-4-1)19-21-20-17-13-7-8-14-18(17)25-23(20)27-24(21)26-22(19)16-11-5-2-6-12-16/h1-14H. The van der Waals surface area contributed by atoms with Crippen molar-refractivity contribution in [2.45, 2.75) is 0 Å². The summed E-state index contributed by atoms with van der Waals surface area (Å²) in [6.45, 7) is 0. The van der Waals surface area contributed by atoms with Crippen LogP contribution in [0.5, 0.6) is 0 Å². The molecule has 0 unspecified atom stereocenters. The van der Waals surface area contributed by atoms with Crippen LogP contribution in [0.2, 0.25) is 0 Å². The van der Waals surface area contributed by atoms with Crippen molar-refractivity contribution in [3.8, 4) is 21.6 Å². The van der Waals surface area contributed by atoms with E-state index in [4.69, 9.17) is 0 Å². The van der Waals surface area contributed by atoms with Gasteiger partial charge >= 0.3 is 0 Å². The van der Waals surface area contributed by atoms with Crippen molar-refractivity contribution in [1.82, 2.24) is 0 Å². The third-order valence-electron chi connectivity index (χ3n) is 4.97. The van der Waals surface area contributed by atoms with Gasteiger partial charge in [0.25, 0.3) is 0 Å². The van der Waals surface area contributed by atoms with Gasteiger partial charge < -0.3 is 0 Å². The second kappa shape index (κ2) is 6.03. The first kappa shape index (κ1) is 15.6. The van der Waals surface area contributed by atoms with E-state index in [1.165, 1.54) is 50.5 Å². The topological polar surface area (TPSA) is 0 Å². The van der Waals surface area contributed by atoms with E-state index in [0.29, 0.717) is 0 Å². The maximum absolute atomic E-state index is 2.27. The Bertz CT molecular complexity index is 1400. The molecule has 3 heterocycles. The molecule has 128 valence electrons. The van der Waals surface area contributed by atoms with Crippen LogP contribution < -0.4 is 0 Å². The number of thiophene rings is 3. The van der Waals surface area contributed by atoms with Crippen LogP contribution in [0.1, 0.15) is 0 Å². The Morgan fingerprint density at radius 3 is 1.89 bits per heavy atom. The first-order valence-electron chi connectivity index (χ1n) is 8.87. The molecule has 3 aromatic carbocycles.